The molecule has 1 saturated heterocycles. The minimum absolute atomic E-state index is 0.144. The van der Waals surface area contributed by atoms with Crippen molar-refractivity contribution in [1.29, 1.82) is 0 Å². The zero-order valence-electron chi connectivity index (χ0n) is 14.8. The van der Waals surface area contributed by atoms with Crippen molar-refractivity contribution in [2.75, 3.05) is 20.1 Å². The Labute approximate surface area is 149 Å². The summed E-state index contributed by atoms with van der Waals surface area (Å²) >= 11 is 0. The van der Waals surface area contributed by atoms with E-state index in [0.29, 0.717) is 0 Å². The van der Waals surface area contributed by atoms with Gasteiger partial charge in [0.05, 0.1) is 5.69 Å². The number of hydrogen-bond donors (Lipinski definition) is 1. The van der Waals surface area contributed by atoms with E-state index in [1.807, 2.05) is 6.07 Å². The SMILES string of the molecule is CNC(=O)C1(CCCc2cnccn2)CCN1CCc1ccccc1. The first-order valence-electron chi connectivity index (χ1n) is 9.01. The molecule has 2 aromatic rings. The molecule has 5 nitrogen and oxygen atoms in total. The lowest BCUT2D eigenvalue weighted by Crippen LogP contribution is -2.67. The van der Waals surface area contributed by atoms with Crippen LogP contribution in [0.15, 0.2) is 48.9 Å². The van der Waals surface area contributed by atoms with Gasteiger partial charge in [-0.05, 0) is 37.7 Å². The fourth-order valence-corrected chi connectivity index (χ4v) is 3.68. The number of benzene rings is 1. The van der Waals surface area contributed by atoms with E-state index in [1.54, 1.807) is 25.6 Å². The van der Waals surface area contributed by atoms with Gasteiger partial charge >= 0.3 is 0 Å². The number of rotatable bonds is 8. The monoisotopic (exact) mass is 338 g/mol. The molecular weight excluding hydrogens is 312 g/mol. The summed E-state index contributed by atoms with van der Waals surface area (Å²) in [6, 6.07) is 10.5. The fourth-order valence-electron chi connectivity index (χ4n) is 3.68. The lowest BCUT2D eigenvalue weighted by atomic mass is 9.78. The second-order valence-corrected chi connectivity index (χ2v) is 6.63. The number of hydrogen-bond acceptors (Lipinski definition) is 4. The smallest absolute Gasteiger partial charge is 0.240 e. The van der Waals surface area contributed by atoms with Crippen molar-refractivity contribution in [3.63, 3.8) is 0 Å². The van der Waals surface area contributed by atoms with Crippen LogP contribution in [0.3, 0.4) is 0 Å². The maximum atomic E-state index is 12.6. The molecule has 0 saturated carbocycles. The van der Waals surface area contributed by atoms with Crippen LogP contribution in [0.2, 0.25) is 0 Å². The van der Waals surface area contributed by atoms with Gasteiger partial charge < -0.3 is 5.32 Å². The quantitative estimate of drug-likeness (QED) is 0.802. The number of nitrogens with zero attached hydrogens (tertiary/aromatic N) is 3. The third-order valence-corrected chi connectivity index (χ3v) is 5.20. The Morgan fingerprint density at radius 2 is 2.08 bits per heavy atom. The maximum absolute atomic E-state index is 12.6. The molecule has 0 bridgehead atoms. The standard InChI is InChI=1S/C20H26N4O/c1-21-19(25)20(10-5-8-18-16-22-12-13-23-18)11-15-24(20)14-9-17-6-3-2-4-7-17/h2-4,6-7,12-13,16H,5,8-11,14-15H2,1H3,(H,21,25). The first kappa shape index (κ1) is 17.5. The molecule has 5 heteroatoms. The van der Waals surface area contributed by atoms with Gasteiger partial charge in [0.15, 0.2) is 0 Å². The van der Waals surface area contributed by atoms with E-state index in [1.165, 1.54) is 5.56 Å². The number of likely N-dealkylation sites (N-methyl/N-ethyl adjacent to an activating group) is 1. The molecule has 0 aliphatic carbocycles. The van der Waals surface area contributed by atoms with Crippen molar-refractivity contribution in [2.45, 2.75) is 37.6 Å². The number of likely N-dealkylation sites (tertiary alicyclic amines) is 1. The molecule has 1 aromatic carbocycles. The maximum Gasteiger partial charge on any atom is 0.240 e. The molecule has 1 N–H and O–H groups in total. The molecule has 1 amide bonds. The van der Waals surface area contributed by atoms with E-state index in [4.69, 9.17) is 0 Å². The zero-order chi connectivity index (χ0) is 17.5. The first-order valence-corrected chi connectivity index (χ1v) is 9.01. The van der Waals surface area contributed by atoms with E-state index in [2.05, 4.69) is 44.5 Å². The van der Waals surface area contributed by atoms with Crippen molar-refractivity contribution >= 4 is 5.91 Å². The first-order chi connectivity index (χ1) is 12.2. The molecule has 1 atom stereocenters. The predicted molar refractivity (Wildman–Crippen MR) is 98.1 cm³/mol. The normalized spacial score (nSPS) is 20.0. The van der Waals surface area contributed by atoms with Crippen LogP contribution in [0.25, 0.3) is 0 Å². The number of carbonyl (C=O) groups excluding carboxylic acids is 1. The van der Waals surface area contributed by atoms with Crippen LogP contribution in [-0.2, 0) is 17.6 Å². The Morgan fingerprint density at radius 3 is 2.72 bits per heavy atom. The van der Waals surface area contributed by atoms with Crippen LogP contribution in [0.5, 0.6) is 0 Å². The van der Waals surface area contributed by atoms with E-state index in [9.17, 15) is 4.79 Å². The molecule has 132 valence electrons. The molecule has 1 aliphatic rings. The van der Waals surface area contributed by atoms with Gasteiger partial charge in [0.2, 0.25) is 5.91 Å². The van der Waals surface area contributed by atoms with Crippen molar-refractivity contribution in [3.05, 3.63) is 60.2 Å². The average Bonchev–Trinajstić information content (AvgIpc) is 2.65. The number of aryl methyl sites for hydroxylation is 1. The Hall–Kier alpha value is -2.27. The molecule has 25 heavy (non-hydrogen) atoms. The Balaban J connectivity index is 1.59. The summed E-state index contributed by atoms with van der Waals surface area (Å²) in [6.07, 6.45) is 9.78. The number of nitrogens with one attached hydrogen (secondary N) is 1. The third-order valence-electron chi connectivity index (χ3n) is 5.20. The van der Waals surface area contributed by atoms with Gasteiger partial charge in [-0.1, -0.05) is 30.3 Å². The van der Waals surface area contributed by atoms with Crippen molar-refractivity contribution in [2.24, 2.45) is 0 Å². The van der Waals surface area contributed by atoms with Crippen molar-refractivity contribution in [1.82, 2.24) is 20.2 Å². The van der Waals surface area contributed by atoms with Gasteiger partial charge in [-0.3, -0.25) is 19.7 Å². The van der Waals surface area contributed by atoms with Gasteiger partial charge in [-0.25, -0.2) is 0 Å². The fraction of sp³-hybridized carbons (Fsp3) is 0.450. The summed E-state index contributed by atoms with van der Waals surface area (Å²) in [6.45, 7) is 1.91. The summed E-state index contributed by atoms with van der Waals surface area (Å²) in [7, 11) is 1.74. The summed E-state index contributed by atoms with van der Waals surface area (Å²) in [4.78, 5) is 23.4. The molecule has 1 fully saturated rings. The Kier molecular flexibility index (Phi) is 5.76. The summed E-state index contributed by atoms with van der Waals surface area (Å²) in [5, 5.41) is 2.88. The highest BCUT2D eigenvalue weighted by Crippen LogP contribution is 2.35. The van der Waals surface area contributed by atoms with E-state index in [0.717, 1.165) is 50.9 Å². The minimum atomic E-state index is -0.355. The van der Waals surface area contributed by atoms with Crippen LogP contribution in [-0.4, -0.2) is 46.5 Å². The highest BCUT2D eigenvalue weighted by Gasteiger charge is 2.49. The second-order valence-electron chi connectivity index (χ2n) is 6.63. The molecule has 1 aliphatic heterocycles. The molecule has 0 radical (unpaired) electrons. The number of aromatic nitrogens is 2. The highest BCUT2D eigenvalue weighted by molar-refractivity contribution is 5.87. The molecule has 2 heterocycles. The Morgan fingerprint density at radius 1 is 1.24 bits per heavy atom. The largest absolute Gasteiger partial charge is 0.358 e. The van der Waals surface area contributed by atoms with E-state index in [-0.39, 0.29) is 11.4 Å². The van der Waals surface area contributed by atoms with Crippen LogP contribution in [0.4, 0.5) is 0 Å². The van der Waals surface area contributed by atoms with Crippen LogP contribution in [0.1, 0.15) is 30.5 Å². The zero-order valence-corrected chi connectivity index (χ0v) is 14.8. The number of carbonyl (C=O) groups is 1. The number of amides is 1. The topological polar surface area (TPSA) is 58.1 Å². The minimum Gasteiger partial charge on any atom is -0.358 e. The van der Waals surface area contributed by atoms with Crippen molar-refractivity contribution in [3.8, 4) is 0 Å². The third kappa shape index (κ3) is 4.04. The van der Waals surface area contributed by atoms with Gasteiger partial charge in [0.1, 0.15) is 5.54 Å². The van der Waals surface area contributed by atoms with E-state index >= 15 is 0 Å². The highest BCUT2D eigenvalue weighted by atomic mass is 16.2. The average molecular weight is 338 g/mol. The summed E-state index contributed by atoms with van der Waals surface area (Å²) < 4.78 is 0. The molecule has 1 unspecified atom stereocenters. The van der Waals surface area contributed by atoms with Crippen LogP contribution < -0.4 is 5.32 Å². The van der Waals surface area contributed by atoms with Gasteiger partial charge in [0, 0.05) is 38.7 Å². The molecule has 1 aromatic heterocycles. The second kappa shape index (κ2) is 8.21. The molecule has 0 spiro atoms. The van der Waals surface area contributed by atoms with Crippen molar-refractivity contribution < 1.29 is 4.79 Å². The summed E-state index contributed by atoms with van der Waals surface area (Å²) in [5.41, 5.74) is 1.95. The van der Waals surface area contributed by atoms with Crippen LogP contribution in [0, 0.1) is 0 Å². The molecular formula is C20H26N4O. The molecule has 3 rings (SSSR count). The lowest BCUT2D eigenvalue weighted by molar-refractivity contribution is -0.143. The lowest BCUT2D eigenvalue weighted by Gasteiger charge is -2.51. The van der Waals surface area contributed by atoms with E-state index < -0.39 is 0 Å². The van der Waals surface area contributed by atoms with Gasteiger partial charge in [-0.15, -0.1) is 0 Å². The summed E-state index contributed by atoms with van der Waals surface area (Å²) in [5.74, 6) is 0.144. The van der Waals surface area contributed by atoms with Gasteiger partial charge in [-0.2, -0.15) is 0 Å². The van der Waals surface area contributed by atoms with Crippen LogP contribution >= 0.6 is 0 Å². The Bertz CT molecular complexity index is 677. The predicted octanol–water partition coefficient (Wildman–Crippen LogP) is 2.23. The van der Waals surface area contributed by atoms with Gasteiger partial charge in [0.25, 0.3) is 0 Å².